The number of benzene rings is 3. The summed E-state index contributed by atoms with van der Waals surface area (Å²) in [6, 6.07) is 39.8. The van der Waals surface area contributed by atoms with Gasteiger partial charge in [-0.2, -0.15) is 35.0 Å². The van der Waals surface area contributed by atoms with E-state index < -0.39 is 0 Å². The van der Waals surface area contributed by atoms with E-state index in [4.69, 9.17) is 0 Å². The topological polar surface area (TPSA) is 0 Å². The third kappa shape index (κ3) is 7.48. The molecule has 0 saturated heterocycles. The van der Waals surface area contributed by atoms with Crippen molar-refractivity contribution in [1.82, 2.24) is 0 Å². The molecule has 140 valence electrons. The molecule has 0 radical (unpaired) electrons. The van der Waals surface area contributed by atoms with E-state index in [0.29, 0.717) is 0 Å². The van der Waals surface area contributed by atoms with Gasteiger partial charge in [-0.05, 0) is 0 Å². The monoisotopic (exact) mass is 456 g/mol. The molecule has 0 fully saturated rings. The summed E-state index contributed by atoms with van der Waals surface area (Å²) < 4.78 is 0. The Morgan fingerprint density at radius 2 is 0.964 bits per heavy atom. The van der Waals surface area contributed by atoms with Crippen LogP contribution in [0, 0.1) is 0 Å². The second kappa shape index (κ2) is 13.6. The van der Waals surface area contributed by atoms with E-state index in [1.807, 2.05) is 6.07 Å². The zero-order valence-corrected chi connectivity index (χ0v) is 19.1. The van der Waals surface area contributed by atoms with Crippen molar-refractivity contribution >= 4 is 33.0 Å². The Kier molecular flexibility index (Phi) is 11.9. The summed E-state index contributed by atoms with van der Waals surface area (Å²) >= 11 is 2.13. The molecule has 5 rings (SSSR count). The first-order chi connectivity index (χ1) is 12.9. The van der Waals surface area contributed by atoms with Crippen LogP contribution in [0.3, 0.4) is 0 Å². The maximum absolute atomic E-state index is 2.13. The minimum Gasteiger partial charge on any atom is -0.168 e. The summed E-state index contributed by atoms with van der Waals surface area (Å²) in [6.07, 6.45) is 1.35. The van der Waals surface area contributed by atoms with Gasteiger partial charge in [0.1, 0.15) is 0 Å². The SMILES string of the molecule is [Cl-].[Cl-].[Ti+2]=[P]c1ccccc1.c1ccc2[cH-]ccc2c1.c1ccc2[cH-]ccc2c1. The van der Waals surface area contributed by atoms with E-state index in [2.05, 4.69) is 129 Å². The van der Waals surface area contributed by atoms with Crippen LogP contribution in [0.15, 0.2) is 115 Å². The van der Waals surface area contributed by atoms with Crippen molar-refractivity contribution in [2.45, 2.75) is 0 Å². The second-order valence-corrected chi connectivity index (χ2v) is 7.54. The summed E-state index contributed by atoms with van der Waals surface area (Å²) in [6.45, 7) is 0. The molecule has 4 heteroatoms. The molecule has 0 aliphatic heterocycles. The molecule has 0 bridgehead atoms. The standard InChI is InChI=1S/2C9H7.C6H5P.2ClH.Ti/c2*1-2-5-9-7-3-6-8(9)4-1;7-6-4-2-1-3-5-6;;;/h2*1-7H;1-5H;2*1H;/q2*-1;;;;+2/p-2. The van der Waals surface area contributed by atoms with Crippen molar-refractivity contribution in [1.29, 1.82) is 0 Å². The van der Waals surface area contributed by atoms with Gasteiger partial charge < -0.3 is 24.8 Å². The minimum atomic E-state index is 0. The first kappa shape index (κ1) is 24.5. The summed E-state index contributed by atoms with van der Waals surface area (Å²) in [4.78, 5) is 0. The number of halogens is 2. The number of rotatable bonds is 1. The molecule has 0 heterocycles. The van der Waals surface area contributed by atoms with E-state index in [1.165, 1.54) is 33.0 Å². The van der Waals surface area contributed by atoms with Crippen molar-refractivity contribution < 1.29 is 44.2 Å². The van der Waals surface area contributed by atoms with Crippen LogP contribution in [-0.4, -0.2) is 0 Å². The van der Waals surface area contributed by atoms with Gasteiger partial charge in [0.2, 0.25) is 0 Å². The Bertz CT molecular complexity index is 941. The van der Waals surface area contributed by atoms with Gasteiger partial charge in [0.15, 0.2) is 0 Å². The number of hydrogen-bond donors (Lipinski definition) is 0. The molecule has 0 nitrogen and oxygen atoms in total. The first-order valence-electron chi connectivity index (χ1n) is 8.50. The number of fused-ring (bicyclic) bond motifs is 2. The molecule has 0 atom stereocenters. The molecule has 0 aliphatic rings. The smallest absolute Gasteiger partial charge is 0.0809 e. The van der Waals surface area contributed by atoms with Crippen LogP contribution in [0.25, 0.3) is 21.5 Å². The van der Waals surface area contributed by atoms with Crippen LogP contribution in [0.4, 0.5) is 0 Å². The summed E-state index contributed by atoms with van der Waals surface area (Å²) in [5, 5.41) is 6.71. The molecule has 0 aliphatic carbocycles. The van der Waals surface area contributed by atoms with Gasteiger partial charge in [0, 0.05) is 0 Å². The Morgan fingerprint density at radius 1 is 0.536 bits per heavy atom. The molecule has 0 spiro atoms. The maximum atomic E-state index is 2.13. The van der Waals surface area contributed by atoms with Crippen molar-refractivity contribution in [3.8, 4) is 0 Å². The Balaban J connectivity index is 0.000000203. The van der Waals surface area contributed by atoms with E-state index in [1.54, 1.807) is 0 Å². The molecular formula is C24H19Cl2PTi-2. The Hall–Kier alpha value is -1.53. The zero-order valence-electron chi connectivity index (χ0n) is 15.2. The van der Waals surface area contributed by atoms with Crippen molar-refractivity contribution in [2.24, 2.45) is 0 Å². The zero-order chi connectivity index (χ0) is 18.0. The summed E-state index contributed by atoms with van der Waals surface area (Å²) in [5.74, 6) is 0. The first-order valence-corrected chi connectivity index (χ1v) is 11.5. The summed E-state index contributed by atoms with van der Waals surface area (Å²) in [5.41, 5.74) is 0. The fourth-order valence-electron chi connectivity index (χ4n) is 2.64. The Morgan fingerprint density at radius 3 is 1.36 bits per heavy atom. The van der Waals surface area contributed by atoms with E-state index in [-0.39, 0.29) is 24.8 Å². The van der Waals surface area contributed by atoms with Crippen LogP contribution < -0.4 is 30.1 Å². The van der Waals surface area contributed by atoms with Gasteiger partial charge in [-0.3, -0.25) is 0 Å². The quantitative estimate of drug-likeness (QED) is 0.199. The largest absolute Gasteiger partial charge is 0.168 e. The fraction of sp³-hybridized carbons (Fsp3) is 0. The van der Waals surface area contributed by atoms with Gasteiger partial charge in [0.25, 0.3) is 0 Å². The normalized spacial score (nSPS) is 9.36. The minimum absolute atomic E-state index is 0. The third-order valence-corrected chi connectivity index (χ3v) is 5.75. The van der Waals surface area contributed by atoms with Crippen LogP contribution in [0.1, 0.15) is 0 Å². The van der Waals surface area contributed by atoms with Crippen LogP contribution in [-0.2, 0) is 19.4 Å². The fourth-order valence-corrected chi connectivity index (χ4v) is 3.66. The molecule has 5 aromatic rings. The molecule has 5 aromatic carbocycles. The van der Waals surface area contributed by atoms with Crippen LogP contribution in [0.2, 0.25) is 0 Å². The van der Waals surface area contributed by atoms with Gasteiger partial charge >= 0.3 is 61.2 Å². The average molecular weight is 457 g/mol. The predicted molar refractivity (Wildman–Crippen MR) is 112 cm³/mol. The Labute approximate surface area is 191 Å². The third-order valence-electron chi connectivity index (χ3n) is 3.98. The van der Waals surface area contributed by atoms with Crippen LogP contribution in [0.5, 0.6) is 0 Å². The van der Waals surface area contributed by atoms with Crippen molar-refractivity contribution in [3.63, 3.8) is 0 Å². The van der Waals surface area contributed by atoms with Gasteiger partial charge in [-0.25, -0.2) is 0 Å². The molecule has 0 N–H and O–H groups in total. The van der Waals surface area contributed by atoms with Gasteiger partial charge in [-0.15, -0.1) is 59.3 Å². The van der Waals surface area contributed by atoms with Gasteiger partial charge in [0.05, 0.1) is 0 Å². The number of hydrogen-bond acceptors (Lipinski definition) is 0. The van der Waals surface area contributed by atoms with Gasteiger partial charge in [-0.1, -0.05) is 12.1 Å². The average Bonchev–Trinajstić information content (AvgIpc) is 3.38. The van der Waals surface area contributed by atoms with E-state index >= 15 is 0 Å². The molecule has 28 heavy (non-hydrogen) atoms. The maximum Gasteiger partial charge on any atom is -0.0809 e. The summed E-state index contributed by atoms with van der Waals surface area (Å²) in [7, 11) is 0. The molecule has 0 amide bonds. The second-order valence-electron chi connectivity index (χ2n) is 5.76. The predicted octanol–water partition coefficient (Wildman–Crippen LogP) is 0.845. The molecular weight excluding hydrogens is 438 g/mol. The molecule has 0 aromatic heterocycles. The van der Waals surface area contributed by atoms with E-state index in [0.717, 1.165) is 0 Å². The van der Waals surface area contributed by atoms with E-state index in [9.17, 15) is 0 Å². The molecule has 0 saturated carbocycles. The van der Waals surface area contributed by atoms with Crippen molar-refractivity contribution in [3.05, 3.63) is 115 Å². The molecule has 0 unspecified atom stereocenters. The van der Waals surface area contributed by atoms with Crippen molar-refractivity contribution in [2.75, 3.05) is 0 Å². The van der Waals surface area contributed by atoms with Crippen LogP contribution >= 0.6 is 6.11 Å².